The van der Waals surface area contributed by atoms with Gasteiger partial charge in [0.05, 0.1) is 17.6 Å². The van der Waals surface area contributed by atoms with E-state index in [1.807, 2.05) is 0 Å². The smallest absolute Gasteiger partial charge is 0.335 e. The molecular formula is C13H11NO4. The lowest BCUT2D eigenvalue weighted by atomic mass is 10.1. The van der Waals surface area contributed by atoms with Crippen LogP contribution in [-0.4, -0.2) is 27.7 Å². The Morgan fingerprint density at radius 2 is 2.11 bits per heavy atom. The summed E-state index contributed by atoms with van der Waals surface area (Å²) in [6.07, 6.45) is 2.28. The molecule has 5 heteroatoms. The molecule has 0 radical (unpaired) electrons. The molecule has 0 amide bonds. The fourth-order valence-electron chi connectivity index (χ4n) is 1.94. The molecular weight excluding hydrogens is 234 g/mol. The van der Waals surface area contributed by atoms with Crippen LogP contribution in [0.3, 0.4) is 0 Å². The van der Waals surface area contributed by atoms with Crippen molar-refractivity contribution in [3.63, 3.8) is 0 Å². The number of rotatable bonds is 4. The van der Waals surface area contributed by atoms with E-state index in [-0.39, 0.29) is 17.9 Å². The largest absolute Gasteiger partial charge is 0.478 e. The van der Waals surface area contributed by atoms with Crippen LogP contribution in [0.25, 0.3) is 10.9 Å². The molecule has 2 rings (SSSR count). The van der Waals surface area contributed by atoms with Gasteiger partial charge in [-0.25, -0.2) is 4.79 Å². The molecule has 1 aromatic heterocycles. The van der Waals surface area contributed by atoms with E-state index < -0.39 is 5.97 Å². The Hall–Kier alpha value is -2.43. The molecule has 0 aliphatic rings. The molecule has 92 valence electrons. The fraction of sp³-hybridized carbons (Fsp3) is 0.154. The summed E-state index contributed by atoms with van der Waals surface area (Å²) in [6.45, 7) is 1.53. The van der Waals surface area contributed by atoms with Gasteiger partial charge in [0.15, 0.2) is 5.78 Å². The van der Waals surface area contributed by atoms with Gasteiger partial charge >= 0.3 is 5.97 Å². The third-order valence-corrected chi connectivity index (χ3v) is 2.78. The second kappa shape index (κ2) is 4.44. The number of hydrogen-bond acceptors (Lipinski definition) is 3. The van der Waals surface area contributed by atoms with Crippen LogP contribution in [0.2, 0.25) is 0 Å². The first-order chi connectivity index (χ1) is 8.54. The number of benzene rings is 1. The highest BCUT2D eigenvalue weighted by Crippen LogP contribution is 2.23. The molecule has 0 fully saturated rings. The second-order valence-electron chi connectivity index (χ2n) is 3.96. The van der Waals surface area contributed by atoms with Crippen LogP contribution in [0.1, 0.15) is 27.6 Å². The molecule has 0 bridgehead atoms. The number of nitrogens with zero attached hydrogens (tertiary/aromatic N) is 1. The lowest BCUT2D eigenvalue weighted by molar-refractivity contribution is -0.108. The van der Waals surface area contributed by atoms with E-state index in [1.165, 1.54) is 19.1 Å². The van der Waals surface area contributed by atoms with Gasteiger partial charge in [0.1, 0.15) is 6.29 Å². The number of fused-ring (bicyclic) bond motifs is 1. The van der Waals surface area contributed by atoms with Crippen LogP contribution in [0.4, 0.5) is 0 Å². The first-order valence-electron chi connectivity index (χ1n) is 5.35. The Balaban J connectivity index is 2.74. The molecule has 0 aliphatic carbocycles. The molecule has 1 heterocycles. The van der Waals surface area contributed by atoms with Gasteiger partial charge in [-0.15, -0.1) is 0 Å². The van der Waals surface area contributed by atoms with Crippen LogP contribution in [0.5, 0.6) is 0 Å². The standard InChI is InChI=1S/C13H11NO4/c1-8(16)11-7-14(4-5-15)12-6-9(13(17)18)2-3-10(11)12/h2-3,5-7H,4H2,1H3,(H,17,18). The Labute approximate surface area is 103 Å². The SMILES string of the molecule is CC(=O)c1cn(CC=O)c2cc(C(=O)O)ccc12. The highest BCUT2D eigenvalue weighted by molar-refractivity contribution is 6.08. The number of aldehydes is 1. The van der Waals surface area contributed by atoms with E-state index in [2.05, 4.69) is 0 Å². The van der Waals surface area contributed by atoms with Crippen molar-refractivity contribution in [1.82, 2.24) is 4.57 Å². The first-order valence-corrected chi connectivity index (χ1v) is 5.35. The highest BCUT2D eigenvalue weighted by Gasteiger charge is 2.13. The third kappa shape index (κ3) is 1.90. The molecule has 0 saturated carbocycles. The zero-order valence-electron chi connectivity index (χ0n) is 9.71. The molecule has 1 aromatic carbocycles. The van der Waals surface area contributed by atoms with Gasteiger partial charge in [0.25, 0.3) is 0 Å². The fourth-order valence-corrected chi connectivity index (χ4v) is 1.94. The van der Waals surface area contributed by atoms with E-state index in [9.17, 15) is 14.4 Å². The van der Waals surface area contributed by atoms with Crippen molar-refractivity contribution < 1.29 is 19.5 Å². The first kappa shape index (κ1) is 12.0. The number of Topliss-reactive ketones (excluding diaryl/α,β-unsaturated/α-hetero) is 1. The third-order valence-electron chi connectivity index (χ3n) is 2.78. The van der Waals surface area contributed by atoms with Gasteiger partial charge in [-0.2, -0.15) is 0 Å². The zero-order chi connectivity index (χ0) is 13.3. The minimum Gasteiger partial charge on any atom is -0.478 e. The predicted molar refractivity (Wildman–Crippen MR) is 65.0 cm³/mol. The summed E-state index contributed by atoms with van der Waals surface area (Å²) < 4.78 is 1.57. The van der Waals surface area contributed by atoms with Gasteiger partial charge in [-0.3, -0.25) is 4.79 Å². The summed E-state index contributed by atoms with van der Waals surface area (Å²) in [5.41, 5.74) is 1.19. The number of aromatic carboxylic acids is 1. The number of carbonyl (C=O) groups excluding carboxylic acids is 2. The lowest BCUT2D eigenvalue weighted by Gasteiger charge is -2.00. The molecule has 2 aromatic rings. The minimum atomic E-state index is -1.04. The quantitative estimate of drug-likeness (QED) is 0.657. The van der Waals surface area contributed by atoms with Crippen molar-refractivity contribution in [2.75, 3.05) is 0 Å². The summed E-state index contributed by atoms with van der Waals surface area (Å²) in [5, 5.41) is 9.60. The van der Waals surface area contributed by atoms with E-state index in [0.717, 1.165) is 0 Å². The van der Waals surface area contributed by atoms with Gasteiger partial charge in [0, 0.05) is 17.1 Å². The number of hydrogen-bond donors (Lipinski definition) is 1. The number of carboxylic acids is 1. The highest BCUT2D eigenvalue weighted by atomic mass is 16.4. The topological polar surface area (TPSA) is 76.4 Å². The van der Waals surface area contributed by atoms with Gasteiger partial charge in [-0.1, -0.05) is 6.07 Å². The normalized spacial score (nSPS) is 10.5. The molecule has 1 N–H and O–H groups in total. The summed E-state index contributed by atoms with van der Waals surface area (Å²) in [4.78, 5) is 33.0. The molecule has 0 unspecified atom stereocenters. The zero-order valence-corrected chi connectivity index (χ0v) is 9.71. The van der Waals surface area contributed by atoms with Gasteiger partial charge in [-0.05, 0) is 19.1 Å². The van der Waals surface area contributed by atoms with Crippen molar-refractivity contribution in [3.05, 3.63) is 35.5 Å². The average Bonchev–Trinajstić information content (AvgIpc) is 2.68. The molecule has 5 nitrogen and oxygen atoms in total. The minimum absolute atomic E-state index is 0.0901. The monoisotopic (exact) mass is 245 g/mol. The van der Waals surface area contributed by atoms with E-state index in [1.54, 1.807) is 16.8 Å². The van der Waals surface area contributed by atoms with Crippen molar-refractivity contribution in [1.29, 1.82) is 0 Å². The Kier molecular flexibility index (Phi) is 2.97. The van der Waals surface area contributed by atoms with Crippen molar-refractivity contribution in [3.8, 4) is 0 Å². The van der Waals surface area contributed by atoms with E-state index in [0.29, 0.717) is 22.8 Å². The molecule has 0 atom stereocenters. The van der Waals surface area contributed by atoms with Gasteiger partial charge < -0.3 is 14.5 Å². The molecule has 18 heavy (non-hydrogen) atoms. The summed E-state index contributed by atoms with van der Waals surface area (Å²) >= 11 is 0. The molecule has 0 spiro atoms. The van der Waals surface area contributed by atoms with Crippen molar-refractivity contribution >= 4 is 28.9 Å². The van der Waals surface area contributed by atoms with Crippen LogP contribution in [-0.2, 0) is 11.3 Å². The maximum Gasteiger partial charge on any atom is 0.335 e. The van der Waals surface area contributed by atoms with Crippen molar-refractivity contribution in [2.45, 2.75) is 13.5 Å². The van der Waals surface area contributed by atoms with Crippen LogP contribution >= 0.6 is 0 Å². The number of carbonyl (C=O) groups is 3. The summed E-state index contributed by atoms with van der Waals surface area (Å²) in [6, 6.07) is 4.51. The molecule has 0 saturated heterocycles. The Morgan fingerprint density at radius 3 is 2.67 bits per heavy atom. The Morgan fingerprint density at radius 1 is 1.39 bits per heavy atom. The number of ketones is 1. The number of aromatic nitrogens is 1. The van der Waals surface area contributed by atoms with Crippen LogP contribution in [0.15, 0.2) is 24.4 Å². The maximum atomic E-state index is 11.5. The number of carboxylic acid groups (broad SMARTS) is 1. The predicted octanol–water partition coefficient (Wildman–Crippen LogP) is 1.74. The van der Waals surface area contributed by atoms with Crippen molar-refractivity contribution in [2.24, 2.45) is 0 Å². The Bertz CT molecular complexity index is 654. The summed E-state index contributed by atoms with van der Waals surface area (Å²) in [7, 11) is 0. The van der Waals surface area contributed by atoms with Crippen LogP contribution in [0, 0.1) is 0 Å². The average molecular weight is 245 g/mol. The second-order valence-corrected chi connectivity index (χ2v) is 3.96. The molecule has 0 aliphatic heterocycles. The lowest BCUT2D eigenvalue weighted by Crippen LogP contribution is -1.99. The van der Waals surface area contributed by atoms with Gasteiger partial charge in [0.2, 0.25) is 0 Å². The van der Waals surface area contributed by atoms with E-state index in [4.69, 9.17) is 5.11 Å². The summed E-state index contributed by atoms with van der Waals surface area (Å²) in [5.74, 6) is -1.16. The maximum absolute atomic E-state index is 11.5. The van der Waals surface area contributed by atoms with Crippen LogP contribution < -0.4 is 0 Å². The van der Waals surface area contributed by atoms with E-state index >= 15 is 0 Å².